The normalized spacial score (nSPS) is 11.7. The summed E-state index contributed by atoms with van der Waals surface area (Å²) in [5, 5.41) is 19.7. The SMILES string of the molecule is C[N+](C)(C)CC(=O)[O-].O=C(O)CCCCC[n+]1ccc(-c2nc3ccc(OCCCS(=O)(=O)[O-])cc3o2)c2ccccc21. The zero-order chi connectivity index (χ0) is 31.6. The van der Waals surface area contributed by atoms with Crippen molar-refractivity contribution in [3.8, 4) is 17.2 Å². The van der Waals surface area contributed by atoms with Gasteiger partial charge in [0, 0.05) is 36.8 Å². The summed E-state index contributed by atoms with van der Waals surface area (Å²) < 4.78 is 46.3. The first kappa shape index (κ1) is 33.4. The molecule has 0 aliphatic carbocycles. The molecule has 0 atom stereocenters. The number of hydrogen-bond donors (Lipinski definition) is 1. The summed E-state index contributed by atoms with van der Waals surface area (Å²) in [4.78, 5) is 25.2. The number of fused-ring (bicyclic) bond motifs is 2. The van der Waals surface area contributed by atoms with Crippen LogP contribution in [0.2, 0.25) is 0 Å². The van der Waals surface area contributed by atoms with Crippen LogP contribution in [0.3, 0.4) is 0 Å². The van der Waals surface area contributed by atoms with Crippen LogP contribution in [-0.4, -0.2) is 79.5 Å². The highest BCUT2D eigenvalue weighted by atomic mass is 32.2. The summed E-state index contributed by atoms with van der Waals surface area (Å²) in [6.45, 7) is 0.954. The molecule has 0 saturated carbocycles. The van der Waals surface area contributed by atoms with E-state index in [0.717, 1.165) is 35.9 Å². The number of quaternary nitrogens is 1. The second-order valence-corrected chi connectivity index (χ2v) is 12.6. The molecule has 43 heavy (non-hydrogen) atoms. The smallest absolute Gasteiger partial charge is 0.303 e. The minimum Gasteiger partial charge on any atom is -0.748 e. The van der Waals surface area contributed by atoms with E-state index in [0.29, 0.717) is 33.6 Å². The molecule has 12 nitrogen and oxygen atoms in total. The molecule has 4 aromatic rings. The summed E-state index contributed by atoms with van der Waals surface area (Å²) in [6, 6.07) is 15.1. The number of aryl methyl sites for hydroxylation is 1. The number of ether oxygens (including phenoxy) is 1. The van der Waals surface area contributed by atoms with Crippen LogP contribution in [0.4, 0.5) is 0 Å². The maximum absolute atomic E-state index is 10.7. The van der Waals surface area contributed by atoms with Gasteiger partial charge in [0.25, 0.3) is 0 Å². The molecule has 0 fully saturated rings. The lowest BCUT2D eigenvalue weighted by Crippen LogP contribution is -2.45. The molecule has 2 heterocycles. The molecule has 4 rings (SSSR count). The van der Waals surface area contributed by atoms with Crippen molar-refractivity contribution in [2.75, 3.05) is 40.0 Å². The van der Waals surface area contributed by atoms with Crippen molar-refractivity contribution in [1.29, 1.82) is 0 Å². The average molecular weight is 616 g/mol. The molecule has 0 bridgehead atoms. The number of carbonyl (C=O) groups is 2. The first-order valence-electron chi connectivity index (χ1n) is 13.8. The fourth-order valence-electron chi connectivity index (χ4n) is 4.33. The number of aromatic nitrogens is 2. The van der Waals surface area contributed by atoms with Crippen molar-refractivity contribution >= 4 is 44.1 Å². The third-order valence-electron chi connectivity index (χ3n) is 6.22. The zero-order valence-corrected chi connectivity index (χ0v) is 25.3. The summed E-state index contributed by atoms with van der Waals surface area (Å²) in [7, 11) is 1.15. The van der Waals surface area contributed by atoms with Crippen LogP contribution in [0.15, 0.2) is 59.1 Å². The third-order valence-corrected chi connectivity index (χ3v) is 7.00. The van der Waals surface area contributed by atoms with E-state index in [9.17, 15) is 27.7 Å². The lowest BCUT2D eigenvalue weighted by molar-refractivity contribution is -0.864. The van der Waals surface area contributed by atoms with Crippen LogP contribution in [0, 0.1) is 0 Å². The van der Waals surface area contributed by atoms with Gasteiger partial charge in [-0.15, -0.1) is 0 Å². The number of unbranched alkanes of at least 4 members (excludes halogenated alkanes) is 2. The van der Waals surface area contributed by atoms with Crippen molar-refractivity contribution in [3.63, 3.8) is 0 Å². The molecule has 0 spiro atoms. The first-order chi connectivity index (χ1) is 20.2. The summed E-state index contributed by atoms with van der Waals surface area (Å²) in [5.41, 5.74) is 3.08. The number of hydrogen-bond acceptors (Lipinski definition) is 9. The Morgan fingerprint density at radius 3 is 2.44 bits per heavy atom. The van der Waals surface area contributed by atoms with Crippen LogP contribution in [0.25, 0.3) is 33.5 Å². The monoisotopic (exact) mass is 615 g/mol. The predicted octanol–water partition coefficient (Wildman–Crippen LogP) is 2.34. The van der Waals surface area contributed by atoms with E-state index in [1.165, 1.54) is 0 Å². The zero-order valence-electron chi connectivity index (χ0n) is 24.5. The molecule has 0 aliphatic heterocycles. The Hall–Kier alpha value is -4.07. The molecule has 0 amide bonds. The summed E-state index contributed by atoms with van der Waals surface area (Å²) in [6.07, 6.45) is 4.68. The quantitative estimate of drug-likeness (QED) is 0.0960. The molecule has 2 aromatic carbocycles. The van der Waals surface area contributed by atoms with Gasteiger partial charge in [-0.3, -0.25) is 4.79 Å². The number of aliphatic carboxylic acids is 2. The van der Waals surface area contributed by atoms with Gasteiger partial charge < -0.3 is 33.2 Å². The van der Waals surface area contributed by atoms with Crippen molar-refractivity contribution < 1.29 is 51.0 Å². The van der Waals surface area contributed by atoms with Crippen LogP contribution < -0.4 is 14.4 Å². The number of carboxylic acid groups (broad SMARTS) is 2. The number of pyridine rings is 1. The number of nitrogens with zero attached hydrogens (tertiary/aromatic N) is 3. The van der Waals surface area contributed by atoms with Crippen molar-refractivity contribution in [2.45, 2.75) is 38.6 Å². The van der Waals surface area contributed by atoms with Crippen molar-refractivity contribution in [3.05, 3.63) is 54.7 Å². The Labute approximate surface area is 250 Å². The van der Waals surface area contributed by atoms with Gasteiger partial charge in [0.05, 0.1) is 54.8 Å². The number of rotatable bonds is 14. The van der Waals surface area contributed by atoms with Gasteiger partial charge in [0.2, 0.25) is 11.4 Å². The molecule has 0 unspecified atom stereocenters. The van der Waals surface area contributed by atoms with E-state index in [1.54, 1.807) is 39.3 Å². The largest absolute Gasteiger partial charge is 0.748 e. The Bertz CT molecular complexity index is 1660. The van der Waals surface area contributed by atoms with E-state index in [2.05, 4.69) is 9.55 Å². The lowest BCUT2D eigenvalue weighted by Gasteiger charge is -2.23. The Balaban J connectivity index is 0.000000557. The highest BCUT2D eigenvalue weighted by molar-refractivity contribution is 7.85. The molecular weight excluding hydrogens is 578 g/mol. The Morgan fingerprint density at radius 1 is 1.05 bits per heavy atom. The topological polar surface area (TPSA) is 174 Å². The highest BCUT2D eigenvalue weighted by Gasteiger charge is 2.18. The molecule has 0 saturated heterocycles. The number of likely N-dealkylation sites (N-methyl/N-ethyl adjacent to an activating group) is 1. The average Bonchev–Trinajstić information content (AvgIpc) is 3.32. The number of carboxylic acids is 2. The molecule has 232 valence electrons. The fourth-order valence-corrected chi connectivity index (χ4v) is 4.80. The minimum absolute atomic E-state index is 0.0694. The minimum atomic E-state index is -4.25. The Kier molecular flexibility index (Phi) is 11.6. The van der Waals surface area contributed by atoms with E-state index in [4.69, 9.17) is 14.3 Å². The van der Waals surface area contributed by atoms with E-state index in [1.807, 2.05) is 36.5 Å². The molecule has 1 N–H and O–H groups in total. The van der Waals surface area contributed by atoms with Crippen LogP contribution in [-0.2, 0) is 26.3 Å². The second kappa shape index (κ2) is 14.9. The van der Waals surface area contributed by atoms with Crippen LogP contribution in [0.5, 0.6) is 5.75 Å². The van der Waals surface area contributed by atoms with E-state index >= 15 is 0 Å². The van der Waals surface area contributed by atoms with Gasteiger partial charge in [0.1, 0.15) is 24.4 Å². The summed E-state index contributed by atoms with van der Waals surface area (Å²) in [5.74, 6) is -1.26. The Morgan fingerprint density at radius 2 is 1.79 bits per heavy atom. The lowest BCUT2D eigenvalue weighted by atomic mass is 10.1. The van der Waals surface area contributed by atoms with E-state index < -0.39 is 27.8 Å². The van der Waals surface area contributed by atoms with Gasteiger partial charge in [0.15, 0.2) is 11.8 Å². The van der Waals surface area contributed by atoms with Gasteiger partial charge >= 0.3 is 5.97 Å². The van der Waals surface area contributed by atoms with Gasteiger partial charge in [-0.05, 0) is 37.5 Å². The predicted molar refractivity (Wildman–Crippen MR) is 156 cm³/mol. The first-order valence-corrected chi connectivity index (χ1v) is 15.4. The molecule has 0 radical (unpaired) electrons. The van der Waals surface area contributed by atoms with Crippen molar-refractivity contribution in [1.82, 2.24) is 4.98 Å². The third kappa shape index (κ3) is 11.3. The van der Waals surface area contributed by atoms with Gasteiger partial charge in [-0.25, -0.2) is 13.4 Å². The standard InChI is InChI=1S/C25H26N2O7S.C5H11NO2/c28-24(29)9-2-1-5-13-27-14-12-20(19-7-3-4-8-22(19)27)25-26-21-11-10-18(17-23(21)34-25)33-15-6-16-35(30,31)32;1-6(2,3)4-5(7)8/h3-4,7-8,10-12,14,17H,1-2,5-6,9,13,15-16H2,(H-,28,29,30,31,32);4H2,1-3H3. The second-order valence-electron chi connectivity index (χ2n) is 11.1. The fraction of sp³-hybridized carbons (Fsp3) is 0.400. The van der Waals surface area contributed by atoms with Crippen LogP contribution in [0.1, 0.15) is 32.1 Å². The van der Waals surface area contributed by atoms with Gasteiger partial charge in [-0.1, -0.05) is 12.1 Å². The number of benzene rings is 2. The van der Waals surface area contributed by atoms with Crippen molar-refractivity contribution in [2.24, 2.45) is 0 Å². The van der Waals surface area contributed by atoms with Gasteiger partial charge in [-0.2, -0.15) is 4.57 Å². The summed E-state index contributed by atoms with van der Waals surface area (Å²) >= 11 is 0. The molecule has 2 aromatic heterocycles. The van der Waals surface area contributed by atoms with E-state index in [-0.39, 0.29) is 26.0 Å². The maximum atomic E-state index is 10.7. The number of oxazole rings is 1. The van der Waals surface area contributed by atoms with Crippen LogP contribution >= 0.6 is 0 Å². The highest BCUT2D eigenvalue weighted by Crippen LogP contribution is 2.30. The number of carbonyl (C=O) groups excluding carboxylic acids is 1. The molecule has 13 heteroatoms. The number of para-hydroxylation sites is 1. The molecular formula is C30H37N3O9S. The molecule has 0 aliphatic rings. The maximum Gasteiger partial charge on any atom is 0.303 e.